The summed E-state index contributed by atoms with van der Waals surface area (Å²) in [5, 5.41) is 11.3. The summed E-state index contributed by atoms with van der Waals surface area (Å²) >= 11 is 0. The largest absolute Gasteiger partial charge is 0.481 e. The van der Waals surface area contributed by atoms with E-state index in [0.29, 0.717) is 12.2 Å². The highest BCUT2D eigenvalue weighted by Gasteiger charge is 2.14. The van der Waals surface area contributed by atoms with E-state index in [2.05, 4.69) is 59.5 Å². The van der Waals surface area contributed by atoms with E-state index >= 15 is 0 Å². The van der Waals surface area contributed by atoms with E-state index in [0.717, 1.165) is 22.3 Å². The molecule has 0 saturated carbocycles. The van der Waals surface area contributed by atoms with Gasteiger partial charge in [0.2, 0.25) is 5.91 Å². The van der Waals surface area contributed by atoms with Gasteiger partial charge in [0, 0.05) is 41.4 Å². The highest BCUT2D eigenvalue weighted by molar-refractivity contribution is 5.79. The van der Waals surface area contributed by atoms with Crippen LogP contribution in [0.25, 0.3) is 17.0 Å². The molecule has 2 N–H and O–H groups in total. The van der Waals surface area contributed by atoms with Crippen LogP contribution < -0.4 is 5.32 Å². The lowest BCUT2D eigenvalue weighted by molar-refractivity contribution is -0.137. The molecule has 1 amide bonds. The fraction of sp³-hybridized carbons (Fsp3) is 0.308. The predicted octanol–water partition coefficient (Wildman–Crippen LogP) is 4.45. The number of nitrogens with one attached hydrogen (secondary N) is 1. The van der Waals surface area contributed by atoms with Gasteiger partial charge in [-0.1, -0.05) is 75.4 Å². The zero-order valence-corrected chi connectivity index (χ0v) is 18.7. The third-order valence-corrected chi connectivity index (χ3v) is 5.32. The van der Waals surface area contributed by atoms with Crippen molar-refractivity contribution >= 4 is 17.4 Å². The third kappa shape index (κ3) is 6.48. The second-order valence-electron chi connectivity index (χ2n) is 8.67. The second kappa shape index (κ2) is 10.2. The first-order valence-corrected chi connectivity index (χ1v) is 10.7. The minimum absolute atomic E-state index is 0.0252. The molecule has 1 aromatic heterocycles. The average Bonchev–Trinajstić information content (AvgIpc) is 2.94. The van der Waals surface area contributed by atoms with Gasteiger partial charge in [-0.3, -0.25) is 9.59 Å². The maximum absolute atomic E-state index is 12.1. The van der Waals surface area contributed by atoms with Crippen LogP contribution in [0.4, 0.5) is 0 Å². The first-order chi connectivity index (χ1) is 15.2. The van der Waals surface area contributed by atoms with Crippen molar-refractivity contribution in [1.29, 1.82) is 0 Å². The van der Waals surface area contributed by atoms with Crippen LogP contribution in [-0.2, 0) is 16.0 Å². The highest BCUT2D eigenvalue weighted by atomic mass is 16.4. The molecule has 1 heterocycles. The first-order valence-electron chi connectivity index (χ1n) is 10.7. The Bertz CT molecular complexity index is 1050. The van der Waals surface area contributed by atoms with E-state index in [9.17, 15) is 9.59 Å². The van der Waals surface area contributed by atoms with Gasteiger partial charge in [-0.15, -0.1) is 0 Å². The van der Waals surface area contributed by atoms with Crippen molar-refractivity contribution in [3.8, 4) is 11.4 Å². The molecule has 1 atom stereocenters. The molecule has 1 aromatic carbocycles. The van der Waals surface area contributed by atoms with Gasteiger partial charge in [0.25, 0.3) is 0 Å². The Morgan fingerprint density at radius 1 is 1.06 bits per heavy atom. The predicted molar refractivity (Wildman–Crippen MR) is 126 cm³/mol. The van der Waals surface area contributed by atoms with Gasteiger partial charge in [-0.05, 0) is 17.6 Å². The number of benzene rings is 1. The van der Waals surface area contributed by atoms with Gasteiger partial charge in [0.05, 0.1) is 6.42 Å². The number of carboxylic acid groups (broad SMARTS) is 1. The molecule has 6 nitrogen and oxygen atoms in total. The van der Waals surface area contributed by atoms with Crippen LogP contribution in [0.2, 0.25) is 0 Å². The van der Waals surface area contributed by atoms with Crippen LogP contribution in [0.5, 0.6) is 0 Å². The van der Waals surface area contributed by atoms with Gasteiger partial charge in [0.15, 0.2) is 5.82 Å². The lowest BCUT2D eigenvalue weighted by atomic mass is 9.93. The second-order valence-corrected chi connectivity index (χ2v) is 8.67. The summed E-state index contributed by atoms with van der Waals surface area (Å²) in [6.45, 7) is 6.30. The maximum atomic E-state index is 12.1. The Kier molecular flexibility index (Phi) is 7.36. The lowest BCUT2D eigenvalue weighted by Gasteiger charge is -2.12. The van der Waals surface area contributed by atoms with Gasteiger partial charge in [-0.2, -0.15) is 0 Å². The van der Waals surface area contributed by atoms with Crippen molar-refractivity contribution in [3.05, 3.63) is 78.2 Å². The maximum Gasteiger partial charge on any atom is 0.305 e. The summed E-state index contributed by atoms with van der Waals surface area (Å²) in [6, 6.07) is 7.85. The molecule has 0 saturated heterocycles. The molecule has 0 aliphatic heterocycles. The first kappa shape index (κ1) is 23.1. The van der Waals surface area contributed by atoms with E-state index in [4.69, 9.17) is 5.11 Å². The fourth-order valence-corrected chi connectivity index (χ4v) is 3.34. The molecule has 0 radical (unpaired) electrons. The molecular formula is C26H29N3O3. The normalized spacial score (nSPS) is 15.5. The zero-order valence-electron chi connectivity index (χ0n) is 18.7. The number of carboxylic acids is 1. The topological polar surface area (TPSA) is 92.2 Å². The Labute approximate surface area is 188 Å². The number of aromatic nitrogens is 2. The fourth-order valence-electron chi connectivity index (χ4n) is 3.34. The van der Waals surface area contributed by atoms with Crippen LogP contribution in [0.3, 0.4) is 0 Å². The van der Waals surface area contributed by atoms with Crippen LogP contribution >= 0.6 is 0 Å². The number of hydrogen-bond acceptors (Lipinski definition) is 4. The summed E-state index contributed by atoms with van der Waals surface area (Å²) in [6.07, 6.45) is 14.7. The highest BCUT2D eigenvalue weighted by Crippen LogP contribution is 2.26. The number of carbonyl (C=O) groups excluding carboxylic acids is 1. The van der Waals surface area contributed by atoms with Crippen molar-refractivity contribution in [1.82, 2.24) is 15.3 Å². The van der Waals surface area contributed by atoms with Crippen molar-refractivity contribution in [3.63, 3.8) is 0 Å². The molecule has 32 heavy (non-hydrogen) atoms. The van der Waals surface area contributed by atoms with E-state index in [-0.39, 0.29) is 30.2 Å². The Morgan fingerprint density at radius 2 is 1.75 bits per heavy atom. The molecule has 1 unspecified atom stereocenters. The smallest absolute Gasteiger partial charge is 0.305 e. The van der Waals surface area contributed by atoms with Gasteiger partial charge in [0.1, 0.15) is 0 Å². The summed E-state index contributed by atoms with van der Waals surface area (Å²) in [4.78, 5) is 31.7. The van der Waals surface area contributed by atoms with Crippen molar-refractivity contribution in [2.75, 3.05) is 6.54 Å². The van der Waals surface area contributed by atoms with E-state index in [1.165, 1.54) is 0 Å². The molecule has 3 rings (SSSR count). The number of amides is 1. The van der Waals surface area contributed by atoms with E-state index in [1.54, 1.807) is 0 Å². The Hall–Kier alpha value is -3.54. The molecule has 0 spiro atoms. The summed E-state index contributed by atoms with van der Waals surface area (Å²) in [5.41, 5.74) is 3.99. The molecular weight excluding hydrogens is 402 g/mol. The number of carbonyl (C=O) groups is 2. The van der Waals surface area contributed by atoms with Gasteiger partial charge in [-0.25, -0.2) is 9.97 Å². The molecule has 1 aliphatic rings. The van der Waals surface area contributed by atoms with Crippen LogP contribution in [0.1, 0.15) is 38.3 Å². The number of aliphatic carboxylic acids is 1. The van der Waals surface area contributed by atoms with Gasteiger partial charge >= 0.3 is 5.97 Å². The molecule has 2 aromatic rings. The van der Waals surface area contributed by atoms with Crippen LogP contribution in [-0.4, -0.2) is 33.5 Å². The van der Waals surface area contributed by atoms with Crippen LogP contribution in [0, 0.1) is 11.3 Å². The summed E-state index contributed by atoms with van der Waals surface area (Å²) in [5.74, 6) is -0.666. The standard InChI is InChI=1S/C26H29N3O3/c1-18(25(32)27-14-11-23(30)31)15-19-6-8-21(9-7-19)24-28-16-22(17-29-24)20-5-4-12-26(2,3)13-10-20/h4-10,12-13,16-18H,11,14-15H2,1-3H3,(H,27,32)(H,30,31). The molecule has 6 heteroatoms. The van der Waals surface area contributed by atoms with Crippen molar-refractivity contribution in [2.45, 2.75) is 33.6 Å². The van der Waals surface area contributed by atoms with E-state index < -0.39 is 5.97 Å². The zero-order chi connectivity index (χ0) is 23.1. The molecule has 166 valence electrons. The SMILES string of the molecule is CC(Cc1ccc(-c2ncc(C3=CC=CC(C)(C)C=C3)cn2)cc1)C(=O)NCCC(=O)O. The number of hydrogen-bond donors (Lipinski definition) is 2. The quantitative estimate of drug-likeness (QED) is 0.644. The molecule has 0 bridgehead atoms. The monoisotopic (exact) mass is 431 g/mol. The number of nitrogens with zero attached hydrogens (tertiary/aromatic N) is 2. The third-order valence-electron chi connectivity index (χ3n) is 5.32. The van der Waals surface area contributed by atoms with Crippen molar-refractivity contribution < 1.29 is 14.7 Å². The molecule has 0 fully saturated rings. The average molecular weight is 432 g/mol. The minimum atomic E-state index is -0.924. The minimum Gasteiger partial charge on any atom is -0.481 e. The van der Waals surface area contributed by atoms with Crippen LogP contribution in [0.15, 0.2) is 67.0 Å². The van der Waals surface area contributed by atoms with Crippen molar-refractivity contribution in [2.24, 2.45) is 11.3 Å². The number of rotatable bonds is 8. The Morgan fingerprint density at radius 3 is 2.41 bits per heavy atom. The Balaban J connectivity index is 1.61. The van der Waals surface area contributed by atoms with E-state index in [1.807, 2.05) is 43.6 Å². The summed E-state index contributed by atoms with van der Waals surface area (Å²) < 4.78 is 0. The lowest BCUT2D eigenvalue weighted by Crippen LogP contribution is -2.31. The number of allylic oxidation sites excluding steroid dienone is 6. The van der Waals surface area contributed by atoms with Gasteiger partial charge < -0.3 is 10.4 Å². The summed E-state index contributed by atoms with van der Waals surface area (Å²) in [7, 11) is 0. The molecule has 1 aliphatic carbocycles.